The summed E-state index contributed by atoms with van der Waals surface area (Å²) in [5, 5.41) is 2.64. The van der Waals surface area contributed by atoms with Crippen LogP contribution in [-0.2, 0) is 58.9 Å². The summed E-state index contributed by atoms with van der Waals surface area (Å²) < 4.78 is 26.8. The van der Waals surface area contributed by atoms with Gasteiger partial charge < -0.3 is 29.0 Å². The van der Waals surface area contributed by atoms with E-state index in [0.29, 0.717) is 5.56 Å². The number of esters is 5. The van der Waals surface area contributed by atoms with Gasteiger partial charge in [-0.15, -0.1) is 0 Å². The average molecular weight is 507 g/mol. The number of benzene rings is 1. The SMILES string of the molecule is CC(=O)OC[C@]1(OC(C)=O)[C@H](NC(=O)Cc2ccccc2)[C@H](OC(C)=O)[C@@H](OC(C)=O)[C@@H]1OC(C)=O. The van der Waals surface area contributed by atoms with E-state index >= 15 is 0 Å². The van der Waals surface area contributed by atoms with Crippen molar-refractivity contribution >= 4 is 35.8 Å². The molecule has 0 unspecified atom stereocenters. The summed E-state index contributed by atoms with van der Waals surface area (Å²) in [6.07, 6.45) is -4.74. The number of ether oxygens (including phenoxy) is 5. The standard InChI is InChI=1S/C24H29NO11/c1-13(26)32-12-24(36-17(5)30)22(25-19(31)11-18-9-7-6-8-10-18)20(33-14(2)27)21(34-15(3)28)23(24)35-16(4)29/h6-10,20-23H,11-12H2,1-5H3,(H,25,31)/t20-,21-,22-,23+,24+/m1/s1. The van der Waals surface area contributed by atoms with Crippen LogP contribution >= 0.6 is 0 Å². The van der Waals surface area contributed by atoms with Crippen LogP contribution in [0.15, 0.2) is 30.3 Å². The van der Waals surface area contributed by atoms with Crippen LogP contribution < -0.4 is 5.32 Å². The van der Waals surface area contributed by atoms with Gasteiger partial charge in [0.1, 0.15) is 12.6 Å². The first-order chi connectivity index (χ1) is 16.9. The second-order valence-electron chi connectivity index (χ2n) is 8.21. The van der Waals surface area contributed by atoms with Crippen LogP contribution in [0.4, 0.5) is 0 Å². The Morgan fingerprint density at radius 1 is 0.750 bits per heavy atom. The molecule has 196 valence electrons. The Bertz CT molecular complexity index is 1010. The van der Waals surface area contributed by atoms with Gasteiger partial charge in [-0.3, -0.25) is 28.8 Å². The molecule has 12 heteroatoms. The zero-order valence-electron chi connectivity index (χ0n) is 20.6. The Kier molecular flexibility index (Phi) is 9.53. The lowest BCUT2D eigenvalue weighted by Gasteiger charge is -2.38. The van der Waals surface area contributed by atoms with Gasteiger partial charge in [-0.1, -0.05) is 30.3 Å². The fraction of sp³-hybridized carbons (Fsp3) is 0.500. The van der Waals surface area contributed by atoms with E-state index in [0.717, 1.165) is 34.6 Å². The lowest BCUT2D eigenvalue weighted by molar-refractivity contribution is -0.204. The molecule has 1 aromatic rings. The van der Waals surface area contributed by atoms with Gasteiger partial charge in [-0.05, 0) is 5.56 Å². The van der Waals surface area contributed by atoms with Gasteiger partial charge in [0.2, 0.25) is 11.5 Å². The second kappa shape index (κ2) is 12.1. The van der Waals surface area contributed by atoms with Gasteiger partial charge in [-0.2, -0.15) is 0 Å². The molecule has 0 aromatic heterocycles. The van der Waals surface area contributed by atoms with Gasteiger partial charge in [0, 0.05) is 34.6 Å². The van der Waals surface area contributed by atoms with Crippen molar-refractivity contribution in [3.8, 4) is 0 Å². The van der Waals surface area contributed by atoms with Crippen LogP contribution in [0, 0.1) is 0 Å². The maximum absolute atomic E-state index is 13.1. The zero-order chi connectivity index (χ0) is 27.0. The predicted molar refractivity (Wildman–Crippen MR) is 120 cm³/mol. The Morgan fingerprint density at radius 2 is 1.31 bits per heavy atom. The lowest BCUT2D eigenvalue weighted by atomic mass is 9.94. The van der Waals surface area contributed by atoms with E-state index in [1.807, 2.05) is 0 Å². The van der Waals surface area contributed by atoms with Gasteiger partial charge >= 0.3 is 29.8 Å². The molecule has 5 atom stereocenters. The smallest absolute Gasteiger partial charge is 0.303 e. The average Bonchev–Trinajstić information content (AvgIpc) is 2.95. The Labute approximate surface area is 207 Å². The second-order valence-corrected chi connectivity index (χ2v) is 8.21. The van der Waals surface area contributed by atoms with E-state index in [9.17, 15) is 28.8 Å². The molecule has 0 bridgehead atoms. The molecule has 1 N–H and O–H groups in total. The Hall–Kier alpha value is -3.96. The van der Waals surface area contributed by atoms with E-state index < -0.39 is 72.3 Å². The zero-order valence-corrected chi connectivity index (χ0v) is 20.6. The summed E-state index contributed by atoms with van der Waals surface area (Å²) in [5.41, 5.74) is -1.47. The third kappa shape index (κ3) is 7.27. The van der Waals surface area contributed by atoms with Gasteiger partial charge in [0.25, 0.3) is 0 Å². The highest BCUT2D eigenvalue weighted by atomic mass is 16.7. The summed E-state index contributed by atoms with van der Waals surface area (Å²) in [5.74, 6) is -4.80. The number of amides is 1. The fourth-order valence-electron chi connectivity index (χ4n) is 4.10. The molecule has 1 amide bonds. The summed E-state index contributed by atoms with van der Waals surface area (Å²) in [6.45, 7) is 4.61. The topological polar surface area (TPSA) is 161 Å². The van der Waals surface area contributed by atoms with Crippen molar-refractivity contribution in [1.29, 1.82) is 0 Å². The molecule has 1 saturated carbocycles. The van der Waals surface area contributed by atoms with Crippen molar-refractivity contribution in [3.05, 3.63) is 35.9 Å². The van der Waals surface area contributed by atoms with Crippen LogP contribution in [0.3, 0.4) is 0 Å². The van der Waals surface area contributed by atoms with Crippen LogP contribution in [0.1, 0.15) is 40.2 Å². The minimum atomic E-state index is -2.12. The highest BCUT2D eigenvalue weighted by molar-refractivity contribution is 5.80. The number of hydrogen-bond donors (Lipinski definition) is 1. The number of carbonyl (C=O) groups is 6. The van der Waals surface area contributed by atoms with Gasteiger partial charge in [0.05, 0.1) is 6.42 Å². The maximum Gasteiger partial charge on any atom is 0.303 e. The summed E-state index contributed by atoms with van der Waals surface area (Å²) in [7, 11) is 0. The Balaban J connectivity index is 2.66. The van der Waals surface area contributed by atoms with E-state index in [2.05, 4.69) is 5.32 Å². The van der Waals surface area contributed by atoms with Crippen LogP contribution in [0.2, 0.25) is 0 Å². The molecule has 1 aliphatic carbocycles. The molecule has 0 spiro atoms. The molecular formula is C24H29NO11. The fourth-order valence-corrected chi connectivity index (χ4v) is 4.10. The van der Waals surface area contributed by atoms with Crippen molar-refractivity contribution in [1.82, 2.24) is 5.32 Å². The van der Waals surface area contributed by atoms with Crippen LogP contribution in [0.5, 0.6) is 0 Å². The molecular weight excluding hydrogens is 478 g/mol. The molecule has 1 aliphatic rings. The van der Waals surface area contributed by atoms with Crippen molar-refractivity contribution in [2.75, 3.05) is 6.61 Å². The van der Waals surface area contributed by atoms with Gasteiger partial charge in [0.15, 0.2) is 18.3 Å². The molecule has 0 aliphatic heterocycles. The maximum atomic E-state index is 13.1. The van der Waals surface area contributed by atoms with Crippen molar-refractivity contribution < 1.29 is 52.5 Å². The molecule has 12 nitrogen and oxygen atoms in total. The van der Waals surface area contributed by atoms with Crippen LogP contribution in [0.25, 0.3) is 0 Å². The van der Waals surface area contributed by atoms with Gasteiger partial charge in [-0.25, -0.2) is 0 Å². The minimum Gasteiger partial charge on any atom is -0.461 e. The monoisotopic (exact) mass is 507 g/mol. The quantitative estimate of drug-likeness (QED) is 0.364. The molecule has 36 heavy (non-hydrogen) atoms. The first-order valence-electron chi connectivity index (χ1n) is 11.0. The molecule has 0 saturated heterocycles. The summed E-state index contributed by atoms with van der Waals surface area (Å²) in [6, 6.07) is 7.20. The first kappa shape index (κ1) is 28.3. The number of nitrogens with one attached hydrogen (secondary N) is 1. The van der Waals surface area contributed by atoms with E-state index in [4.69, 9.17) is 23.7 Å². The van der Waals surface area contributed by atoms with Crippen molar-refractivity contribution in [2.24, 2.45) is 0 Å². The van der Waals surface area contributed by atoms with Crippen LogP contribution in [-0.4, -0.2) is 72.3 Å². The third-order valence-electron chi connectivity index (χ3n) is 5.21. The number of carbonyl (C=O) groups excluding carboxylic acids is 6. The normalized spacial score (nSPS) is 24.7. The summed E-state index contributed by atoms with van der Waals surface area (Å²) >= 11 is 0. The molecule has 1 fully saturated rings. The summed E-state index contributed by atoms with van der Waals surface area (Å²) in [4.78, 5) is 73.0. The minimum absolute atomic E-state index is 0.121. The number of hydrogen-bond acceptors (Lipinski definition) is 11. The molecule has 0 radical (unpaired) electrons. The first-order valence-corrected chi connectivity index (χ1v) is 11.0. The molecule has 1 aromatic carbocycles. The highest BCUT2D eigenvalue weighted by Crippen LogP contribution is 2.41. The largest absolute Gasteiger partial charge is 0.461 e. The highest BCUT2D eigenvalue weighted by Gasteiger charge is 2.69. The van der Waals surface area contributed by atoms with E-state index in [1.165, 1.54) is 0 Å². The predicted octanol–water partition coefficient (Wildman–Crippen LogP) is 0.388. The molecule has 0 heterocycles. The molecule has 2 rings (SSSR count). The third-order valence-corrected chi connectivity index (χ3v) is 5.21. The van der Waals surface area contributed by atoms with Crippen molar-refractivity contribution in [2.45, 2.75) is 71.0 Å². The Morgan fingerprint density at radius 3 is 1.81 bits per heavy atom. The van der Waals surface area contributed by atoms with Crippen molar-refractivity contribution in [3.63, 3.8) is 0 Å². The van der Waals surface area contributed by atoms with E-state index in [1.54, 1.807) is 30.3 Å². The lowest BCUT2D eigenvalue weighted by Crippen LogP contribution is -2.63. The van der Waals surface area contributed by atoms with E-state index in [-0.39, 0.29) is 6.42 Å². The number of rotatable bonds is 9.